The lowest BCUT2D eigenvalue weighted by Gasteiger charge is -2.03. The maximum absolute atomic E-state index is 11.8. The van der Waals surface area contributed by atoms with Crippen molar-refractivity contribution in [2.75, 3.05) is 25.1 Å². The van der Waals surface area contributed by atoms with E-state index in [0.717, 1.165) is 17.7 Å². The van der Waals surface area contributed by atoms with Crippen molar-refractivity contribution >= 4 is 21.4 Å². The van der Waals surface area contributed by atoms with Crippen LogP contribution in [-0.2, 0) is 11.2 Å². The zero-order valence-corrected chi connectivity index (χ0v) is 12.5. The molecule has 0 fully saturated rings. The molecule has 0 unspecified atom stereocenters. The molecular formula is C13H18N4O2S. The SMILES string of the molecule is C=C(C)COCCNc1nn2c(=O)cc(CC)nc2s1. The van der Waals surface area contributed by atoms with Gasteiger partial charge in [-0.15, -0.1) is 5.10 Å². The highest BCUT2D eigenvalue weighted by molar-refractivity contribution is 7.20. The monoisotopic (exact) mass is 294 g/mol. The summed E-state index contributed by atoms with van der Waals surface area (Å²) in [7, 11) is 0. The molecule has 0 aromatic carbocycles. The molecule has 0 saturated heterocycles. The van der Waals surface area contributed by atoms with Crippen LogP contribution in [0.25, 0.3) is 4.96 Å². The van der Waals surface area contributed by atoms with Gasteiger partial charge in [0.2, 0.25) is 10.1 Å². The van der Waals surface area contributed by atoms with Gasteiger partial charge >= 0.3 is 0 Å². The van der Waals surface area contributed by atoms with E-state index in [9.17, 15) is 4.79 Å². The Morgan fingerprint density at radius 1 is 1.60 bits per heavy atom. The van der Waals surface area contributed by atoms with E-state index in [0.29, 0.717) is 29.9 Å². The number of ether oxygens (including phenoxy) is 1. The van der Waals surface area contributed by atoms with Crippen LogP contribution in [0, 0.1) is 0 Å². The molecule has 2 heterocycles. The molecule has 0 bridgehead atoms. The first kappa shape index (κ1) is 14.7. The van der Waals surface area contributed by atoms with E-state index >= 15 is 0 Å². The molecule has 0 aliphatic rings. The lowest BCUT2D eigenvalue weighted by atomic mass is 10.3. The Morgan fingerprint density at radius 3 is 3.10 bits per heavy atom. The topological polar surface area (TPSA) is 68.5 Å². The van der Waals surface area contributed by atoms with E-state index in [4.69, 9.17) is 4.74 Å². The molecule has 7 heteroatoms. The van der Waals surface area contributed by atoms with Gasteiger partial charge in [-0.2, -0.15) is 4.52 Å². The number of aromatic nitrogens is 3. The average molecular weight is 294 g/mol. The van der Waals surface area contributed by atoms with Crippen LogP contribution < -0.4 is 10.9 Å². The van der Waals surface area contributed by atoms with Gasteiger partial charge < -0.3 is 10.1 Å². The summed E-state index contributed by atoms with van der Waals surface area (Å²) >= 11 is 1.36. The van der Waals surface area contributed by atoms with Gasteiger partial charge in [-0.25, -0.2) is 4.98 Å². The van der Waals surface area contributed by atoms with Crippen LogP contribution in [0.2, 0.25) is 0 Å². The molecule has 2 aromatic heterocycles. The lowest BCUT2D eigenvalue weighted by Crippen LogP contribution is -2.15. The van der Waals surface area contributed by atoms with Crippen molar-refractivity contribution in [1.29, 1.82) is 0 Å². The van der Waals surface area contributed by atoms with Gasteiger partial charge in [0.15, 0.2) is 0 Å². The van der Waals surface area contributed by atoms with Crippen molar-refractivity contribution in [2.45, 2.75) is 20.3 Å². The molecule has 0 amide bonds. The van der Waals surface area contributed by atoms with E-state index in [1.807, 2.05) is 13.8 Å². The predicted molar refractivity (Wildman–Crippen MR) is 80.6 cm³/mol. The zero-order chi connectivity index (χ0) is 14.5. The third kappa shape index (κ3) is 3.64. The lowest BCUT2D eigenvalue weighted by molar-refractivity contribution is 0.167. The van der Waals surface area contributed by atoms with Crippen LogP contribution in [-0.4, -0.2) is 34.4 Å². The number of nitrogens with one attached hydrogen (secondary N) is 1. The summed E-state index contributed by atoms with van der Waals surface area (Å²) in [6.07, 6.45) is 0.737. The van der Waals surface area contributed by atoms with Crippen LogP contribution in [0.15, 0.2) is 23.0 Å². The highest BCUT2D eigenvalue weighted by Gasteiger charge is 2.07. The second-order valence-electron chi connectivity index (χ2n) is 4.48. The van der Waals surface area contributed by atoms with Gasteiger partial charge in [0.05, 0.1) is 13.2 Å². The Bertz CT molecular complexity index is 662. The first-order chi connectivity index (χ1) is 9.60. The van der Waals surface area contributed by atoms with Crippen molar-refractivity contribution in [3.63, 3.8) is 0 Å². The molecule has 0 atom stereocenters. The Morgan fingerprint density at radius 2 is 2.40 bits per heavy atom. The van der Waals surface area contributed by atoms with Crippen LogP contribution in [0.3, 0.4) is 0 Å². The smallest absolute Gasteiger partial charge is 0.275 e. The van der Waals surface area contributed by atoms with Crippen molar-refractivity contribution in [2.24, 2.45) is 0 Å². The molecule has 2 rings (SSSR count). The van der Waals surface area contributed by atoms with Crippen molar-refractivity contribution in [1.82, 2.24) is 14.6 Å². The number of rotatable bonds is 7. The van der Waals surface area contributed by atoms with Crippen LogP contribution in [0.1, 0.15) is 19.5 Å². The highest BCUT2D eigenvalue weighted by atomic mass is 32.1. The molecule has 108 valence electrons. The third-order valence-electron chi connectivity index (χ3n) is 2.53. The quantitative estimate of drug-likeness (QED) is 0.622. The predicted octanol–water partition coefficient (Wildman–Crippen LogP) is 1.72. The van der Waals surface area contributed by atoms with Crippen LogP contribution >= 0.6 is 11.3 Å². The Hall–Kier alpha value is -1.73. The Labute approximate surface area is 121 Å². The number of hydrogen-bond donors (Lipinski definition) is 1. The van der Waals surface area contributed by atoms with Crippen molar-refractivity contribution < 1.29 is 4.74 Å². The average Bonchev–Trinajstić information content (AvgIpc) is 2.81. The standard InChI is InChI=1S/C13H18N4O2S/c1-4-10-7-11(18)17-13(15-10)20-12(16-17)14-5-6-19-8-9(2)3/h7H,2,4-6,8H2,1,3H3,(H,14,16). The zero-order valence-electron chi connectivity index (χ0n) is 11.7. The molecule has 0 radical (unpaired) electrons. The normalized spacial score (nSPS) is 10.9. The minimum atomic E-state index is -0.144. The number of aryl methyl sites for hydroxylation is 1. The van der Waals surface area contributed by atoms with Gasteiger partial charge in [-0.3, -0.25) is 4.79 Å². The van der Waals surface area contributed by atoms with Gasteiger partial charge in [0, 0.05) is 18.3 Å². The summed E-state index contributed by atoms with van der Waals surface area (Å²) in [5.74, 6) is 0. The number of anilines is 1. The molecular weight excluding hydrogens is 276 g/mol. The van der Waals surface area contributed by atoms with Crippen LogP contribution in [0.4, 0.5) is 5.13 Å². The van der Waals surface area contributed by atoms with Gasteiger partial charge in [0.25, 0.3) is 5.56 Å². The van der Waals surface area contributed by atoms with E-state index in [1.54, 1.807) is 0 Å². The minimum absolute atomic E-state index is 0.144. The summed E-state index contributed by atoms with van der Waals surface area (Å²) in [6.45, 7) is 9.40. The number of nitrogens with zero attached hydrogens (tertiary/aromatic N) is 3. The molecule has 6 nitrogen and oxygen atoms in total. The van der Waals surface area contributed by atoms with Crippen LogP contribution in [0.5, 0.6) is 0 Å². The molecule has 0 aliphatic carbocycles. The van der Waals surface area contributed by atoms with E-state index in [1.165, 1.54) is 21.9 Å². The Balaban J connectivity index is 1.99. The molecule has 2 aromatic rings. The van der Waals surface area contributed by atoms with E-state index in [2.05, 4.69) is 22.0 Å². The van der Waals surface area contributed by atoms with E-state index < -0.39 is 0 Å². The highest BCUT2D eigenvalue weighted by Crippen LogP contribution is 2.16. The summed E-state index contributed by atoms with van der Waals surface area (Å²) in [6, 6.07) is 1.52. The molecule has 1 N–H and O–H groups in total. The van der Waals surface area contributed by atoms with Crippen molar-refractivity contribution in [3.05, 3.63) is 34.3 Å². The number of fused-ring (bicyclic) bond motifs is 1. The summed E-state index contributed by atoms with van der Waals surface area (Å²) in [5, 5.41) is 7.99. The minimum Gasteiger partial charge on any atom is -0.375 e. The maximum atomic E-state index is 11.8. The fourth-order valence-electron chi connectivity index (χ4n) is 1.59. The fourth-order valence-corrected chi connectivity index (χ4v) is 2.44. The van der Waals surface area contributed by atoms with Gasteiger partial charge in [-0.1, -0.05) is 30.4 Å². The summed E-state index contributed by atoms with van der Waals surface area (Å²) < 4.78 is 6.70. The van der Waals surface area contributed by atoms with Gasteiger partial charge in [0.1, 0.15) is 0 Å². The molecule has 0 aliphatic heterocycles. The summed E-state index contributed by atoms with van der Waals surface area (Å²) in [4.78, 5) is 16.8. The first-order valence-electron chi connectivity index (χ1n) is 6.46. The second kappa shape index (κ2) is 6.62. The summed E-state index contributed by atoms with van der Waals surface area (Å²) in [5.41, 5.74) is 1.64. The molecule has 20 heavy (non-hydrogen) atoms. The largest absolute Gasteiger partial charge is 0.375 e. The Kier molecular flexibility index (Phi) is 4.86. The second-order valence-corrected chi connectivity index (χ2v) is 5.43. The first-order valence-corrected chi connectivity index (χ1v) is 7.27. The third-order valence-corrected chi connectivity index (χ3v) is 3.40. The maximum Gasteiger partial charge on any atom is 0.275 e. The number of hydrogen-bond acceptors (Lipinski definition) is 6. The molecule has 0 saturated carbocycles. The molecule has 0 spiro atoms. The van der Waals surface area contributed by atoms with Gasteiger partial charge in [-0.05, 0) is 13.3 Å². The fraction of sp³-hybridized carbons (Fsp3) is 0.462. The van der Waals surface area contributed by atoms with Crippen molar-refractivity contribution in [3.8, 4) is 0 Å². The van der Waals surface area contributed by atoms with E-state index in [-0.39, 0.29) is 5.56 Å².